The monoisotopic (exact) mass is 2090 g/mol. The molecule has 15 atom stereocenters. The minimum Gasteiger partial charge on any atom is -0.370 e. The molecule has 0 spiro atoms. The van der Waals surface area contributed by atoms with Crippen LogP contribution in [0.15, 0.2) is 148 Å². The van der Waals surface area contributed by atoms with Gasteiger partial charge in [-0.1, -0.05) is 26.7 Å². The highest BCUT2D eigenvalue weighted by Gasteiger charge is 2.53. The third kappa shape index (κ3) is 21.1. The Hall–Kier alpha value is -9.11. The Morgan fingerprint density at radius 2 is 0.559 bits per heavy atom. The minimum atomic E-state index is -3.33. The van der Waals surface area contributed by atoms with Crippen LogP contribution < -0.4 is 28.7 Å². The number of ether oxygens (including phenoxy) is 5. The normalized spacial score (nSPS) is 29.2. The van der Waals surface area contributed by atoms with Gasteiger partial charge in [0.25, 0.3) is 0 Å². The zero-order chi connectivity index (χ0) is 102. The second kappa shape index (κ2) is 42.7. The van der Waals surface area contributed by atoms with Crippen molar-refractivity contribution < 1.29 is 102 Å². The van der Waals surface area contributed by atoms with Crippen molar-refractivity contribution in [2.24, 2.45) is 40.5 Å². The van der Waals surface area contributed by atoms with Crippen LogP contribution in [-0.2, 0) is 63.3 Å². The van der Waals surface area contributed by atoms with Crippen LogP contribution in [0.3, 0.4) is 0 Å². The molecule has 145 heavy (non-hydrogen) atoms. The molecule has 23 rings (SSSR count). The molecule has 0 bridgehead atoms. The lowest BCUT2D eigenvalue weighted by Crippen LogP contribution is -2.48. The van der Waals surface area contributed by atoms with E-state index in [0.29, 0.717) is 130 Å². The number of nitrogens with two attached hydrogens (primary N) is 5. The second-order valence-corrected chi connectivity index (χ2v) is 48.9. The highest BCUT2D eigenvalue weighted by molar-refractivity contribution is 7.90. The van der Waals surface area contributed by atoms with Crippen molar-refractivity contribution in [1.29, 1.82) is 0 Å². The van der Waals surface area contributed by atoms with Gasteiger partial charge >= 0.3 is 0 Å². The van der Waals surface area contributed by atoms with E-state index in [1.54, 1.807) is 26.8 Å². The maximum Gasteiger partial charge on any atom is 0.237 e. The molecule has 28 nitrogen and oxygen atoms in total. The molecule has 5 aromatic rings. The Labute approximate surface area is 841 Å². The standard InChI is InChI=1S/C22H29F2N3O3S.C21H25F2N3O2.C21H27F2N3O2.C20H25F2N3O3S.C20H27F2N3O3S/c23-14-5-6-18(24)17(11-14)22-19(25)12-15(13-30-22)26-9-7-21-20(26)8-10-27(21)31(28,29)16-3-1-2-4-16;22-13-3-4-16(23)15(9-13)20-17(24)10-14(11-28-20)25-7-5-19-18(25)6-8-26(19)21(27)12-1-2-12;1-12(2)21(27)26-8-6-18-19(26)5-7-25(18)14-10-17(24)20(28-11-14)15-9-13(22)3-4-16(15)23;21-12-1-4-16(22)15(9-12)20-17(23)10-13(11-28-20)24-7-5-19-18(24)6-8-25(19)29(26,27)14-2-3-14;1-12(2)29(26,27)25-8-6-18-19(25)5-7-24(18)14-10-17(23)20(28-11-14)15-9-13(21)3-4-16(15)22/h5-6,11,15-16,19,22H,1-4,7-10,12-13,25H2;3-4,9,12,14,17,20H,1-2,5-8,10-11,24H2;3-4,9,12,14,17,20H,5-8,10-11,24H2,1-2H3;1,4,9,13-14,17,20H,2-3,5-8,10-11,23H2;3-4,9,12,14,17,20H,5-8,10-11,23H2,1-2H3/t15-,19+,22-;2*14-,17+,20-;13-,17+,20-;14-,17+,20-/m11111/s1. The van der Waals surface area contributed by atoms with Gasteiger partial charge in [0.15, 0.2) is 0 Å². The average molecular weight is 2090 g/mol. The van der Waals surface area contributed by atoms with Gasteiger partial charge in [-0.15, -0.1) is 0 Å². The number of carbonyl (C=O) groups excluding carboxylic acids is 2. The van der Waals surface area contributed by atoms with Crippen LogP contribution in [0.25, 0.3) is 0 Å². The summed E-state index contributed by atoms with van der Waals surface area (Å²) in [5, 5.41) is -0.921. The number of hydrogen-bond acceptors (Lipinski definition) is 23. The van der Waals surface area contributed by atoms with Crippen molar-refractivity contribution >= 4 is 41.9 Å². The van der Waals surface area contributed by atoms with E-state index in [1.165, 1.54) is 29.2 Å². The molecule has 3 aliphatic carbocycles. The van der Waals surface area contributed by atoms with Gasteiger partial charge in [-0.05, 0) is 175 Å². The molecule has 15 heterocycles. The number of carbonyl (C=O) groups is 2. The van der Waals surface area contributed by atoms with Gasteiger partial charge in [0, 0.05) is 256 Å². The van der Waals surface area contributed by atoms with Gasteiger partial charge in [0.05, 0.1) is 79.0 Å². The molecule has 18 aliphatic rings. The fourth-order valence-electron chi connectivity index (χ4n) is 24.9. The Bertz CT molecular complexity index is 5980. The molecule has 3 saturated carbocycles. The van der Waals surface area contributed by atoms with E-state index in [1.807, 2.05) is 23.6 Å². The number of amides is 2. The van der Waals surface area contributed by atoms with Gasteiger partial charge in [-0.3, -0.25) is 22.5 Å². The van der Waals surface area contributed by atoms with E-state index < -0.39 is 154 Å². The summed E-state index contributed by atoms with van der Waals surface area (Å²) in [6.45, 7) is 16.0. The quantitative estimate of drug-likeness (QED) is 0.0509. The van der Waals surface area contributed by atoms with Crippen LogP contribution in [-0.4, -0.2) is 259 Å². The van der Waals surface area contributed by atoms with E-state index in [9.17, 15) is 78.7 Å². The molecule has 5 aromatic carbocycles. The van der Waals surface area contributed by atoms with E-state index in [2.05, 4.69) is 24.5 Å². The molecule has 790 valence electrons. The first-order chi connectivity index (χ1) is 69.3. The summed E-state index contributed by atoms with van der Waals surface area (Å²) in [6, 6.07) is 14.7. The van der Waals surface area contributed by atoms with Crippen LogP contribution in [0.1, 0.15) is 234 Å². The van der Waals surface area contributed by atoms with Crippen LogP contribution in [0.4, 0.5) is 43.9 Å². The Kier molecular flexibility index (Phi) is 30.8. The number of hydrogen-bond donors (Lipinski definition) is 5. The Morgan fingerprint density at radius 3 is 0.834 bits per heavy atom. The molecule has 0 radical (unpaired) electrons. The maximum absolute atomic E-state index is 14.2. The second-order valence-electron chi connectivity index (χ2n) is 42.2. The van der Waals surface area contributed by atoms with E-state index in [0.717, 1.165) is 235 Å². The first-order valence-electron chi connectivity index (χ1n) is 51.5. The van der Waals surface area contributed by atoms with Gasteiger partial charge in [0.1, 0.15) is 88.7 Å². The van der Waals surface area contributed by atoms with Gasteiger partial charge in [-0.25, -0.2) is 69.2 Å². The number of benzene rings is 5. The van der Waals surface area contributed by atoms with Gasteiger partial charge in [-0.2, -0.15) is 0 Å². The summed E-state index contributed by atoms with van der Waals surface area (Å²) in [7, 11) is -9.85. The lowest BCUT2D eigenvalue weighted by atomic mass is 9.93. The maximum atomic E-state index is 14.2. The van der Waals surface area contributed by atoms with Crippen LogP contribution in [0, 0.1) is 70.0 Å². The Balaban J connectivity index is 0.000000115. The topological polar surface area (TPSA) is 345 Å². The molecule has 0 unspecified atom stereocenters. The molecule has 41 heteroatoms. The third-order valence-electron chi connectivity index (χ3n) is 32.4. The highest BCUT2D eigenvalue weighted by atomic mass is 32.2. The predicted octanol–water partition coefficient (Wildman–Crippen LogP) is 13.3. The summed E-state index contributed by atoms with van der Waals surface area (Å²) < 4.78 is 250. The zero-order valence-corrected chi connectivity index (χ0v) is 84.7. The number of sulfonamides is 3. The molecule has 5 saturated heterocycles. The molecule has 10 N–H and O–H groups in total. The lowest BCUT2D eigenvalue weighted by Gasteiger charge is -2.40. The predicted molar refractivity (Wildman–Crippen MR) is 520 cm³/mol. The van der Waals surface area contributed by atoms with Gasteiger partial charge in [0.2, 0.25) is 41.9 Å². The van der Waals surface area contributed by atoms with Crippen LogP contribution in [0.2, 0.25) is 0 Å². The minimum absolute atomic E-state index is 0.00417. The molecular weight excluding hydrogens is 1950 g/mol. The average Bonchev–Trinajstić information content (AvgIpc) is 0.888. The number of nitrogens with zero attached hydrogens (tertiary/aromatic N) is 10. The summed E-state index contributed by atoms with van der Waals surface area (Å²) in [6.07, 6.45) is 14.3. The first-order valence-corrected chi connectivity index (χ1v) is 56.0. The number of rotatable bonds is 18. The van der Waals surface area contributed by atoms with Crippen molar-refractivity contribution in [3.8, 4) is 0 Å². The van der Waals surface area contributed by atoms with E-state index in [-0.39, 0.29) is 92.2 Å². The van der Waals surface area contributed by atoms with Crippen LogP contribution in [0.5, 0.6) is 0 Å². The summed E-state index contributed by atoms with van der Waals surface area (Å²) in [4.78, 5) is 40.1. The third-order valence-corrected chi connectivity index (χ3v) is 39.2. The van der Waals surface area contributed by atoms with E-state index >= 15 is 0 Å². The Morgan fingerprint density at radius 1 is 0.310 bits per heavy atom. The lowest BCUT2D eigenvalue weighted by molar-refractivity contribution is -0.132. The van der Waals surface area contributed by atoms with Crippen molar-refractivity contribution in [1.82, 2.24) is 47.2 Å². The van der Waals surface area contributed by atoms with Crippen molar-refractivity contribution in [3.63, 3.8) is 0 Å². The molecule has 15 aliphatic heterocycles. The van der Waals surface area contributed by atoms with Crippen molar-refractivity contribution in [3.05, 3.63) is 234 Å². The first kappa shape index (κ1) is 104. The van der Waals surface area contributed by atoms with Crippen LogP contribution >= 0.6 is 0 Å². The summed E-state index contributed by atoms with van der Waals surface area (Å²) in [5.41, 5.74) is 43.1. The molecule has 2 amide bonds. The van der Waals surface area contributed by atoms with E-state index in [4.69, 9.17) is 52.4 Å². The fraction of sp³-hybridized carbons (Fsp3) is 0.596. The zero-order valence-electron chi connectivity index (χ0n) is 82.2. The SMILES string of the molecule is CC(C)C(=O)N1CCC2=C1CCN2[C@H]1CO[C@H](c2cc(F)ccc2F)[C@@H](N)C1.CC(C)S(=O)(=O)N1CCC2=C1CCN2[C@H]1CO[C@H](c2cc(F)ccc2F)[C@@H](N)C1.N[C@H]1C[C@@H](N2CCC3=C2CCN3C(=O)C2CC2)CO[C@@H]1c1cc(F)ccc1F.N[C@H]1C[C@@H](N2CCC3=C2CCN3S(=O)(=O)C2CC2)CO[C@@H]1c1cc(F)ccc1F.N[C@H]1C[C@@H](N2CCC3=C2CCN3S(=O)(=O)C2CCCC2)CO[C@@H]1c1cc(F)ccc1F. The molecular formula is C104H133F10N15O13S3. The summed E-state index contributed by atoms with van der Waals surface area (Å²) in [5.74, 6) is -4.43. The fourth-order valence-corrected chi connectivity index (χ4v) is 30.3. The smallest absolute Gasteiger partial charge is 0.237 e. The van der Waals surface area contributed by atoms with Gasteiger partial charge < -0.3 is 86.7 Å². The largest absolute Gasteiger partial charge is 0.370 e. The summed E-state index contributed by atoms with van der Waals surface area (Å²) >= 11 is 0. The highest BCUT2D eigenvalue weighted by Crippen LogP contribution is 2.50. The number of halogens is 10. The van der Waals surface area contributed by atoms with Crippen molar-refractivity contribution in [2.75, 3.05) is 98.5 Å². The molecule has 8 fully saturated rings. The van der Waals surface area contributed by atoms with Crippen molar-refractivity contribution in [2.45, 2.75) is 282 Å². The molecule has 0 aromatic heterocycles.